The second-order valence-electron chi connectivity index (χ2n) is 6.15. The number of rotatable bonds is 7. The average Bonchev–Trinajstić information content (AvgIpc) is 2.33. The van der Waals surface area contributed by atoms with Gasteiger partial charge in [0.2, 0.25) is 5.91 Å². The van der Waals surface area contributed by atoms with E-state index in [1.165, 1.54) is 0 Å². The minimum absolute atomic E-state index is 0.0863. The van der Waals surface area contributed by atoms with E-state index in [4.69, 9.17) is 5.73 Å². The molecule has 0 radical (unpaired) electrons. The predicted molar refractivity (Wildman–Crippen MR) is 81.1 cm³/mol. The smallest absolute Gasteiger partial charge is 0.224 e. The van der Waals surface area contributed by atoms with Crippen LogP contribution in [0.2, 0.25) is 0 Å². The van der Waals surface area contributed by atoms with Gasteiger partial charge in [-0.15, -0.1) is 0 Å². The summed E-state index contributed by atoms with van der Waals surface area (Å²) in [6.07, 6.45) is 3.88. The molecule has 1 aromatic heterocycles. The Morgan fingerprint density at radius 2 is 2.05 bits per heavy atom. The highest BCUT2D eigenvalue weighted by molar-refractivity contribution is 5.77. The highest BCUT2D eigenvalue weighted by Gasteiger charge is 2.21. The minimum Gasteiger partial charge on any atom is -0.337 e. The van der Waals surface area contributed by atoms with Gasteiger partial charge in [0.25, 0.3) is 0 Å². The lowest BCUT2D eigenvalue weighted by Crippen LogP contribution is -2.43. The third-order valence-corrected chi connectivity index (χ3v) is 2.87. The van der Waals surface area contributed by atoms with Gasteiger partial charge in [0.15, 0.2) is 0 Å². The summed E-state index contributed by atoms with van der Waals surface area (Å²) < 4.78 is 0. The Bertz CT molecular complexity index is 412. The van der Waals surface area contributed by atoms with Crippen molar-refractivity contribution in [3.8, 4) is 0 Å². The van der Waals surface area contributed by atoms with Crippen LogP contribution in [0.15, 0.2) is 24.5 Å². The summed E-state index contributed by atoms with van der Waals surface area (Å²) >= 11 is 0. The monoisotopic (exact) mass is 278 g/mol. The molecule has 0 spiro atoms. The van der Waals surface area contributed by atoms with Gasteiger partial charge >= 0.3 is 0 Å². The number of hydrogen-bond donors (Lipinski definition) is 1. The standard InChI is InChI=1S/C15H26N4O/c1-15(2,16)10-14(20)19(9-8-18(3)4)12-13-6-5-7-17-11-13/h5-7,11H,8-10,12,16H2,1-4H3. The first-order valence-corrected chi connectivity index (χ1v) is 6.88. The van der Waals surface area contributed by atoms with Crippen molar-refractivity contribution >= 4 is 5.91 Å². The molecule has 5 heteroatoms. The number of hydrogen-bond acceptors (Lipinski definition) is 4. The fourth-order valence-electron chi connectivity index (χ4n) is 1.83. The first kappa shape index (κ1) is 16.6. The summed E-state index contributed by atoms with van der Waals surface area (Å²) in [5, 5.41) is 0. The van der Waals surface area contributed by atoms with E-state index in [0.717, 1.165) is 12.1 Å². The molecule has 1 rings (SSSR count). The van der Waals surface area contributed by atoms with Crippen molar-refractivity contribution < 1.29 is 4.79 Å². The lowest BCUT2D eigenvalue weighted by atomic mass is 10.0. The summed E-state index contributed by atoms with van der Waals surface area (Å²) in [7, 11) is 4.00. The summed E-state index contributed by atoms with van der Waals surface area (Å²) in [4.78, 5) is 20.4. The zero-order chi connectivity index (χ0) is 15.2. The number of likely N-dealkylation sites (N-methyl/N-ethyl adjacent to an activating group) is 1. The van der Waals surface area contributed by atoms with Crippen LogP contribution in [0.5, 0.6) is 0 Å². The molecule has 0 saturated carbocycles. The van der Waals surface area contributed by atoms with E-state index in [0.29, 0.717) is 19.5 Å². The van der Waals surface area contributed by atoms with Crippen LogP contribution in [0.25, 0.3) is 0 Å². The molecule has 0 atom stereocenters. The Kier molecular flexibility index (Phi) is 6.10. The van der Waals surface area contributed by atoms with Crippen LogP contribution in [0.1, 0.15) is 25.8 Å². The first-order chi connectivity index (χ1) is 9.28. The van der Waals surface area contributed by atoms with E-state index >= 15 is 0 Å². The molecule has 2 N–H and O–H groups in total. The number of carbonyl (C=O) groups is 1. The number of aromatic nitrogens is 1. The molecule has 0 aliphatic heterocycles. The third kappa shape index (κ3) is 6.63. The minimum atomic E-state index is -0.484. The van der Waals surface area contributed by atoms with E-state index in [9.17, 15) is 4.79 Å². The van der Waals surface area contributed by atoms with Crippen molar-refractivity contribution in [2.24, 2.45) is 5.73 Å². The van der Waals surface area contributed by atoms with Gasteiger partial charge in [0.05, 0.1) is 0 Å². The maximum Gasteiger partial charge on any atom is 0.224 e. The first-order valence-electron chi connectivity index (χ1n) is 6.88. The zero-order valence-corrected chi connectivity index (χ0v) is 13.0. The Morgan fingerprint density at radius 3 is 2.55 bits per heavy atom. The van der Waals surface area contributed by atoms with E-state index in [1.54, 1.807) is 12.4 Å². The lowest BCUT2D eigenvalue weighted by Gasteiger charge is -2.27. The van der Waals surface area contributed by atoms with E-state index in [1.807, 2.05) is 45.0 Å². The normalized spacial score (nSPS) is 11.7. The Hall–Kier alpha value is -1.46. The van der Waals surface area contributed by atoms with E-state index in [-0.39, 0.29) is 5.91 Å². The Morgan fingerprint density at radius 1 is 1.35 bits per heavy atom. The van der Waals surface area contributed by atoms with Crippen LogP contribution in [0.3, 0.4) is 0 Å². The van der Waals surface area contributed by atoms with Crippen molar-refractivity contribution in [3.63, 3.8) is 0 Å². The molecule has 0 saturated heterocycles. The molecule has 0 bridgehead atoms. The molecule has 0 unspecified atom stereocenters. The molecule has 20 heavy (non-hydrogen) atoms. The molecule has 0 fully saturated rings. The lowest BCUT2D eigenvalue weighted by molar-refractivity contribution is -0.133. The number of pyridine rings is 1. The fraction of sp³-hybridized carbons (Fsp3) is 0.600. The molecular weight excluding hydrogens is 252 g/mol. The van der Waals surface area contributed by atoms with E-state index < -0.39 is 5.54 Å². The van der Waals surface area contributed by atoms with Gasteiger partial charge in [-0.1, -0.05) is 6.07 Å². The Labute approximate surface area is 121 Å². The van der Waals surface area contributed by atoms with Gasteiger partial charge in [-0.25, -0.2) is 0 Å². The van der Waals surface area contributed by atoms with Crippen LogP contribution in [-0.4, -0.2) is 53.4 Å². The van der Waals surface area contributed by atoms with Crippen LogP contribution in [-0.2, 0) is 11.3 Å². The van der Waals surface area contributed by atoms with Crippen molar-refractivity contribution in [2.75, 3.05) is 27.2 Å². The predicted octanol–water partition coefficient (Wildman–Crippen LogP) is 1.10. The number of nitrogens with zero attached hydrogens (tertiary/aromatic N) is 3. The summed E-state index contributed by atoms with van der Waals surface area (Å²) in [6.45, 7) is 5.85. The maximum atomic E-state index is 12.4. The molecule has 0 aliphatic carbocycles. The third-order valence-electron chi connectivity index (χ3n) is 2.87. The van der Waals surface area contributed by atoms with Gasteiger partial charge in [0.1, 0.15) is 0 Å². The number of carbonyl (C=O) groups excluding carboxylic acids is 1. The quantitative estimate of drug-likeness (QED) is 0.811. The SMILES string of the molecule is CN(C)CCN(Cc1cccnc1)C(=O)CC(C)(C)N. The van der Waals surface area contributed by atoms with Gasteiger partial charge in [-0.05, 0) is 39.6 Å². The van der Waals surface area contributed by atoms with Crippen LogP contribution in [0, 0.1) is 0 Å². The van der Waals surface area contributed by atoms with Gasteiger partial charge < -0.3 is 15.5 Å². The highest BCUT2D eigenvalue weighted by Crippen LogP contribution is 2.10. The fourth-order valence-corrected chi connectivity index (χ4v) is 1.83. The molecule has 0 aromatic carbocycles. The molecule has 1 amide bonds. The van der Waals surface area contributed by atoms with Crippen LogP contribution >= 0.6 is 0 Å². The Balaban J connectivity index is 2.71. The van der Waals surface area contributed by atoms with Crippen molar-refractivity contribution in [1.29, 1.82) is 0 Å². The second kappa shape index (κ2) is 7.36. The largest absolute Gasteiger partial charge is 0.337 e. The van der Waals surface area contributed by atoms with Gasteiger partial charge in [-0.3, -0.25) is 9.78 Å². The molecule has 1 heterocycles. The van der Waals surface area contributed by atoms with Crippen molar-refractivity contribution in [1.82, 2.24) is 14.8 Å². The van der Waals surface area contributed by atoms with E-state index in [2.05, 4.69) is 9.88 Å². The topological polar surface area (TPSA) is 62.5 Å². The summed E-state index contributed by atoms with van der Waals surface area (Å²) in [6, 6.07) is 3.87. The molecule has 1 aromatic rings. The highest BCUT2D eigenvalue weighted by atomic mass is 16.2. The van der Waals surface area contributed by atoms with Crippen LogP contribution < -0.4 is 5.73 Å². The maximum absolute atomic E-state index is 12.4. The molecule has 5 nitrogen and oxygen atoms in total. The average molecular weight is 278 g/mol. The van der Waals surface area contributed by atoms with Gasteiger partial charge in [0, 0.05) is 44.0 Å². The van der Waals surface area contributed by atoms with Crippen molar-refractivity contribution in [2.45, 2.75) is 32.4 Å². The molecule has 0 aliphatic rings. The molecular formula is C15H26N4O. The van der Waals surface area contributed by atoms with Gasteiger partial charge in [-0.2, -0.15) is 0 Å². The molecule has 112 valence electrons. The summed E-state index contributed by atoms with van der Waals surface area (Å²) in [5.41, 5.74) is 6.51. The number of nitrogens with two attached hydrogens (primary N) is 1. The number of amides is 1. The summed E-state index contributed by atoms with van der Waals surface area (Å²) in [5.74, 6) is 0.0863. The second-order valence-corrected chi connectivity index (χ2v) is 6.15. The zero-order valence-electron chi connectivity index (χ0n) is 13.0. The van der Waals surface area contributed by atoms with Crippen molar-refractivity contribution in [3.05, 3.63) is 30.1 Å². The van der Waals surface area contributed by atoms with Crippen LogP contribution in [0.4, 0.5) is 0 Å².